The van der Waals surface area contributed by atoms with E-state index in [0.29, 0.717) is 11.5 Å². The molecule has 1 unspecified atom stereocenters. The summed E-state index contributed by atoms with van der Waals surface area (Å²) in [5.74, 6) is 1.02. The van der Waals surface area contributed by atoms with Crippen LogP contribution in [0.25, 0.3) is 5.52 Å². The lowest BCUT2D eigenvalue weighted by atomic mass is 10.0. The quantitative estimate of drug-likeness (QED) is 0.781. The maximum Gasteiger partial charge on any atom is 0.255 e. The van der Waals surface area contributed by atoms with Crippen LogP contribution in [0, 0.1) is 5.92 Å². The lowest BCUT2D eigenvalue weighted by Gasteiger charge is -2.19. The number of carbonyl (C=O) groups excluding carboxylic acids is 1. The minimum atomic E-state index is -0.186. The molecule has 120 valence electrons. The SMILES string of the molecule is CC(C)CC(NC(=O)c1cnn2ccccc12)c1ncnn1C. The molecule has 3 aromatic heterocycles. The zero-order valence-corrected chi connectivity index (χ0v) is 13.5. The number of hydrogen-bond acceptors (Lipinski definition) is 4. The molecule has 0 aliphatic rings. The van der Waals surface area contributed by atoms with Gasteiger partial charge < -0.3 is 5.32 Å². The van der Waals surface area contributed by atoms with Crippen LogP contribution in [0.3, 0.4) is 0 Å². The molecule has 0 aliphatic carbocycles. The molecular weight excluding hydrogens is 292 g/mol. The average molecular weight is 312 g/mol. The summed E-state index contributed by atoms with van der Waals surface area (Å²) in [7, 11) is 1.83. The highest BCUT2D eigenvalue weighted by molar-refractivity contribution is 6.00. The molecule has 1 N–H and O–H groups in total. The van der Waals surface area contributed by atoms with Gasteiger partial charge in [-0.3, -0.25) is 9.48 Å². The van der Waals surface area contributed by atoms with Crippen molar-refractivity contribution in [2.24, 2.45) is 13.0 Å². The Morgan fingerprint density at radius 3 is 2.83 bits per heavy atom. The van der Waals surface area contributed by atoms with Crippen molar-refractivity contribution in [1.82, 2.24) is 29.7 Å². The Hall–Kier alpha value is -2.70. The number of amides is 1. The molecular formula is C16H20N6O. The second kappa shape index (κ2) is 6.20. The Labute approximate surface area is 134 Å². The Balaban J connectivity index is 1.87. The van der Waals surface area contributed by atoms with Gasteiger partial charge in [-0.05, 0) is 24.5 Å². The molecule has 0 spiro atoms. The van der Waals surface area contributed by atoms with Crippen molar-refractivity contribution in [2.75, 3.05) is 0 Å². The molecule has 3 heterocycles. The number of aryl methyl sites for hydroxylation is 1. The number of rotatable bonds is 5. The first-order chi connectivity index (χ1) is 11.1. The number of fused-ring (bicyclic) bond motifs is 1. The van der Waals surface area contributed by atoms with Crippen molar-refractivity contribution in [3.63, 3.8) is 0 Å². The van der Waals surface area contributed by atoms with Crippen LogP contribution in [0.2, 0.25) is 0 Å². The van der Waals surface area contributed by atoms with Gasteiger partial charge in [0.05, 0.1) is 23.3 Å². The van der Waals surface area contributed by atoms with E-state index in [4.69, 9.17) is 0 Å². The molecule has 0 fully saturated rings. The van der Waals surface area contributed by atoms with Crippen LogP contribution in [0.5, 0.6) is 0 Å². The minimum Gasteiger partial charge on any atom is -0.342 e. The molecule has 3 aromatic rings. The van der Waals surface area contributed by atoms with Crippen LogP contribution in [-0.2, 0) is 7.05 Å². The summed E-state index contributed by atoms with van der Waals surface area (Å²) in [4.78, 5) is 17.0. The van der Waals surface area contributed by atoms with Gasteiger partial charge in [0.15, 0.2) is 0 Å². The van der Waals surface area contributed by atoms with Gasteiger partial charge in [0, 0.05) is 13.2 Å². The van der Waals surface area contributed by atoms with E-state index in [-0.39, 0.29) is 11.9 Å². The fraction of sp³-hybridized carbons (Fsp3) is 0.375. The first kappa shape index (κ1) is 15.2. The standard InChI is InChI=1S/C16H20N6O/c1-11(2)8-13(15-17-10-19-21(15)3)20-16(23)12-9-18-22-7-5-4-6-14(12)22/h4-7,9-11,13H,8H2,1-3H3,(H,20,23). The van der Waals surface area contributed by atoms with E-state index in [1.54, 1.807) is 15.4 Å². The van der Waals surface area contributed by atoms with Crippen LogP contribution < -0.4 is 5.32 Å². The van der Waals surface area contributed by atoms with E-state index >= 15 is 0 Å². The fourth-order valence-electron chi connectivity index (χ4n) is 2.67. The summed E-state index contributed by atoms with van der Waals surface area (Å²) in [6.07, 6.45) is 5.70. The van der Waals surface area contributed by atoms with E-state index in [1.807, 2.05) is 31.4 Å². The molecule has 0 aliphatic heterocycles. The van der Waals surface area contributed by atoms with Gasteiger partial charge in [-0.15, -0.1) is 0 Å². The summed E-state index contributed by atoms with van der Waals surface area (Å²) >= 11 is 0. The van der Waals surface area contributed by atoms with Gasteiger partial charge >= 0.3 is 0 Å². The second-order valence-corrected chi connectivity index (χ2v) is 5.99. The minimum absolute atomic E-state index is 0.153. The average Bonchev–Trinajstić information content (AvgIpc) is 3.12. The first-order valence-electron chi connectivity index (χ1n) is 7.63. The molecule has 1 atom stereocenters. The third-order valence-corrected chi connectivity index (χ3v) is 3.74. The summed E-state index contributed by atoms with van der Waals surface area (Å²) in [5.41, 5.74) is 1.34. The molecule has 0 radical (unpaired) electrons. The van der Waals surface area contributed by atoms with Crippen molar-refractivity contribution in [3.8, 4) is 0 Å². The monoisotopic (exact) mass is 312 g/mol. The highest BCUT2D eigenvalue weighted by Gasteiger charge is 2.22. The van der Waals surface area contributed by atoms with E-state index in [9.17, 15) is 4.79 Å². The number of nitrogens with one attached hydrogen (secondary N) is 1. The van der Waals surface area contributed by atoms with Crippen LogP contribution >= 0.6 is 0 Å². The number of pyridine rings is 1. The van der Waals surface area contributed by atoms with Crippen molar-refractivity contribution in [3.05, 3.63) is 48.3 Å². The largest absolute Gasteiger partial charge is 0.342 e. The zero-order chi connectivity index (χ0) is 16.4. The highest BCUT2D eigenvalue weighted by atomic mass is 16.1. The Kier molecular flexibility index (Phi) is 4.10. The maximum atomic E-state index is 12.7. The van der Waals surface area contributed by atoms with Gasteiger partial charge in [0.2, 0.25) is 0 Å². The molecule has 7 heteroatoms. The van der Waals surface area contributed by atoms with Crippen molar-refractivity contribution in [2.45, 2.75) is 26.3 Å². The number of carbonyl (C=O) groups is 1. The highest BCUT2D eigenvalue weighted by Crippen LogP contribution is 2.20. The van der Waals surface area contributed by atoms with Crippen molar-refractivity contribution < 1.29 is 4.79 Å². The van der Waals surface area contributed by atoms with Gasteiger partial charge in [-0.1, -0.05) is 19.9 Å². The summed E-state index contributed by atoms with van der Waals surface area (Å²) in [6.45, 7) is 4.23. The van der Waals surface area contributed by atoms with Gasteiger partial charge in [0.1, 0.15) is 12.2 Å². The van der Waals surface area contributed by atoms with Gasteiger partial charge in [-0.25, -0.2) is 9.50 Å². The van der Waals surface area contributed by atoms with E-state index in [1.165, 1.54) is 6.33 Å². The summed E-state index contributed by atoms with van der Waals surface area (Å²) < 4.78 is 3.39. The van der Waals surface area contributed by atoms with E-state index in [0.717, 1.165) is 17.8 Å². The van der Waals surface area contributed by atoms with E-state index < -0.39 is 0 Å². The molecule has 23 heavy (non-hydrogen) atoms. The first-order valence-corrected chi connectivity index (χ1v) is 7.63. The number of nitrogens with zero attached hydrogens (tertiary/aromatic N) is 5. The molecule has 0 saturated carbocycles. The number of hydrogen-bond donors (Lipinski definition) is 1. The maximum absolute atomic E-state index is 12.7. The molecule has 0 aromatic carbocycles. The third-order valence-electron chi connectivity index (χ3n) is 3.74. The molecule has 0 saturated heterocycles. The normalized spacial score (nSPS) is 12.7. The zero-order valence-electron chi connectivity index (χ0n) is 13.5. The van der Waals surface area contributed by atoms with Crippen molar-refractivity contribution >= 4 is 11.4 Å². The molecule has 3 rings (SSSR count). The lowest BCUT2D eigenvalue weighted by molar-refractivity contribution is 0.0930. The second-order valence-electron chi connectivity index (χ2n) is 5.99. The Morgan fingerprint density at radius 2 is 2.13 bits per heavy atom. The molecule has 7 nitrogen and oxygen atoms in total. The fourth-order valence-corrected chi connectivity index (χ4v) is 2.67. The predicted octanol–water partition coefficient (Wildman–Crippen LogP) is 1.98. The Bertz CT molecular complexity index is 819. The van der Waals surface area contributed by atoms with Crippen LogP contribution in [0.4, 0.5) is 0 Å². The lowest BCUT2D eigenvalue weighted by Crippen LogP contribution is -2.31. The van der Waals surface area contributed by atoms with Gasteiger partial charge in [0.25, 0.3) is 5.91 Å². The topological polar surface area (TPSA) is 77.1 Å². The Morgan fingerprint density at radius 1 is 1.30 bits per heavy atom. The van der Waals surface area contributed by atoms with Crippen LogP contribution in [0.1, 0.15) is 42.5 Å². The predicted molar refractivity (Wildman–Crippen MR) is 85.9 cm³/mol. The van der Waals surface area contributed by atoms with E-state index in [2.05, 4.69) is 34.3 Å². The number of aromatic nitrogens is 5. The van der Waals surface area contributed by atoms with Crippen LogP contribution in [0.15, 0.2) is 36.9 Å². The smallest absolute Gasteiger partial charge is 0.255 e. The van der Waals surface area contributed by atoms with Crippen LogP contribution in [-0.4, -0.2) is 30.3 Å². The summed E-state index contributed by atoms with van der Waals surface area (Å²) in [6, 6.07) is 5.46. The molecule has 0 bridgehead atoms. The third kappa shape index (κ3) is 3.08. The van der Waals surface area contributed by atoms with Crippen molar-refractivity contribution in [1.29, 1.82) is 0 Å². The summed E-state index contributed by atoms with van der Waals surface area (Å²) in [5, 5.41) is 11.4. The molecule has 1 amide bonds. The van der Waals surface area contributed by atoms with Gasteiger partial charge in [-0.2, -0.15) is 10.2 Å².